The highest BCUT2D eigenvalue weighted by molar-refractivity contribution is 5.99. The normalized spacial score (nSPS) is 10.7. The lowest BCUT2D eigenvalue weighted by Gasteiger charge is -2.09. The Labute approximate surface area is 319 Å². The molecule has 0 saturated carbocycles. The monoisotopic (exact) mass is 741 g/mol. The van der Waals surface area contributed by atoms with Crippen LogP contribution in [0.1, 0.15) is 0 Å². The highest BCUT2D eigenvalue weighted by Crippen LogP contribution is 2.32. The molecular formula is C43H32FN9O3. The number of hydrogen-bond acceptors (Lipinski definition) is 8. The Morgan fingerprint density at radius 2 is 0.982 bits per heavy atom. The molecule has 5 aromatic carbocycles. The number of halogens is 1. The second-order valence-corrected chi connectivity index (χ2v) is 12.4. The number of nitrogen functional groups attached to an aromatic ring is 1. The lowest BCUT2D eigenvalue weighted by molar-refractivity contribution is 0.262. The van der Waals surface area contributed by atoms with Crippen molar-refractivity contribution in [1.29, 1.82) is 0 Å². The molecule has 0 saturated heterocycles. The summed E-state index contributed by atoms with van der Waals surface area (Å²) in [4.78, 5) is 35.8. The third kappa shape index (κ3) is 8.27. The fraction of sp³-hybridized carbons (Fsp3) is 0. The van der Waals surface area contributed by atoms with E-state index in [9.17, 15) is 9.18 Å². The molecule has 9 rings (SSSR count). The molecular weight excluding hydrogens is 710 g/mol. The van der Waals surface area contributed by atoms with E-state index in [1.54, 1.807) is 36.4 Å². The fourth-order valence-corrected chi connectivity index (χ4v) is 5.74. The first-order valence-corrected chi connectivity index (χ1v) is 17.4. The summed E-state index contributed by atoms with van der Waals surface area (Å²) in [5, 5.41) is 6.95. The van der Waals surface area contributed by atoms with E-state index in [1.807, 2.05) is 84.9 Å². The third-order valence-electron chi connectivity index (χ3n) is 8.47. The minimum atomic E-state index is -0.437. The fourth-order valence-electron chi connectivity index (χ4n) is 5.74. The number of nitrogens with zero attached hydrogens (tertiary/aromatic N) is 4. The number of rotatable bonds is 8. The molecule has 4 heterocycles. The number of anilines is 3. The third-order valence-corrected chi connectivity index (χ3v) is 8.47. The van der Waals surface area contributed by atoms with Crippen LogP contribution >= 0.6 is 0 Å². The summed E-state index contributed by atoms with van der Waals surface area (Å²) >= 11 is 0. The Balaban J connectivity index is 0.000000168. The van der Waals surface area contributed by atoms with Crippen LogP contribution in [0.4, 0.5) is 26.2 Å². The Morgan fingerprint density at radius 1 is 0.554 bits per heavy atom. The zero-order valence-electron chi connectivity index (χ0n) is 29.5. The summed E-state index contributed by atoms with van der Waals surface area (Å²) in [6.07, 6.45) is 2.93. The quantitative estimate of drug-likeness (QED) is 0.0959. The summed E-state index contributed by atoms with van der Waals surface area (Å²) < 4.78 is 24.8. The van der Waals surface area contributed by atoms with Gasteiger partial charge in [-0.1, -0.05) is 60.7 Å². The number of H-pyrrole nitrogens is 2. The first kappa shape index (κ1) is 35.0. The van der Waals surface area contributed by atoms with Crippen LogP contribution in [0.2, 0.25) is 0 Å². The molecule has 4 aromatic heterocycles. The Kier molecular flexibility index (Phi) is 9.93. The van der Waals surface area contributed by atoms with Gasteiger partial charge in [0.05, 0.1) is 10.8 Å². The van der Waals surface area contributed by atoms with Gasteiger partial charge >= 0.3 is 6.03 Å². The van der Waals surface area contributed by atoms with Gasteiger partial charge in [-0.05, 0) is 96.1 Å². The minimum Gasteiger partial charge on any atom is -0.438 e. The molecule has 0 atom stereocenters. The second-order valence-electron chi connectivity index (χ2n) is 12.4. The molecule has 0 fully saturated rings. The SMILES string of the molecule is Nc1ccc(Oc2ncnc3[nH]c(-c4ccccc4)cc23)cc1.O=C(Nc1ccc(F)cc1)Nc1ccc(Oc2ncnc3[nH]c(-c4ccccc4)cc23)cc1. The number of carbonyl (C=O) groups excluding carboxylic acids is 1. The van der Waals surface area contributed by atoms with Crippen molar-refractivity contribution in [1.82, 2.24) is 29.9 Å². The highest BCUT2D eigenvalue weighted by Gasteiger charge is 2.13. The molecule has 0 spiro atoms. The zero-order valence-corrected chi connectivity index (χ0v) is 29.5. The number of benzene rings is 5. The Morgan fingerprint density at radius 3 is 1.45 bits per heavy atom. The summed E-state index contributed by atoms with van der Waals surface area (Å²) in [7, 11) is 0. The first-order chi connectivity index (χ1) is 27.4. The zero-order chi connectivity index (χ0) is 38.3. The van der Waals surface area contributed by atoms with Gasteiger partial charge in [0.1, 0.15) is 41.3 Å². The molecule has 274 valence electrons. The van der Waals surface area contributed by atoms with Gasteiger partial charge in [-0.3, -0.25) is 0 Å². The summed E-state index contributed by atoms with van der Waals surface area (Å²) in [6, 6.07) is 43.1. The van der Waals surface area contributed by atoms with Crippen LogP contribution in [0.25, 0.3) is 44.6 Å². The van der Waals surface area contributed by atoms with Gasteiger partial charge in [-0.15, -0.1) is 0 Å². The average Bonchev–Trinajstić information content (AvgIpc) is 3.88. The average molecular weight is 742 g/mol. The lowest BCUT2D eigenvalue weighted by atomic mass is 10.1. The molecule has 0 bridgehead atoms. The van der Waals surface area contributed by atoms with Crippen molar-refractivity contribution in [3.8, 4) is 45.8 Å². The van der Waals surface area contributed by atoms with Crippen molar-refractivity contribution in [3.63, 3.8) is 0 Å². The van der Waals surface area contributed by atoms with Crippen LogP contribution in [0.3, 0.4) is 0 Å². The second kappa shape index (κ2) is 15.9. The molecule has 0 unspecified atom stereocenters. The van der Waals surface area contributed by atoms with Crippen molar-refractivity contribution in [3.05, 3.63) is 164 Å². The van der Waals surface area contributed by atoms with E-state index in [0.29, 0.717) is 46.0 Å². The first-order valence-electron chi connectivity index (χ1n) is 17.4. The van der Waals surface area contributed by atoms with Crippen LogP contribution in [0, 0.1) is 5.82 Å². The number of aromatic nitrogens is 6. The van der Waals surface area contributed by atoms with Crippen molar-refractivity contribution < 1.29 is 18.7 Å². The summed E-state index contributed by atoms with van der Waals surface area (Å²) in [5.41, 5.74) is 12.9. The van der Waals surface area contributed by atoms with Crippen LogP contribution in [-0.2, 0) is 0 Å². The number of fused-ring (bicyclic) bond motifs is 2. The molecule has 0 aliphatic carbocycles. The highest BCUT2D eigenvalue weighted by atomic mass is 19.1. The molecule has 12 nitrogen and oxygen atoms in total. The van der Waals surface area contributed by atoms with Crippen molar-refractivity contribution in [2.75, 3.05) is 16.4 Å². The number of carbonyl (C=O) groups is 1. The van der Waals surface area contributed by atoms with Crippen LogP contribution in [0.5, 0.6) is 23.3 Å². The van der Waals surface area contributed by atoms with Gasteiger partial charge in [0, 0.05) is 28.5 Å². The van der Waals surface area contributed by atoms with E-state index in [-0.39, 0.29) is 5.82 Å². The van der Waals surface area contributed by atoms with Gasteiger partial charge in [-0.2, -0.15) is 0 Å². The van der Waals surface area contributed by atoms with Crippen LogP contribution < -0.4 is 25.8 Å². The number of urea groups is 1. The standard InChI is InChI=1S/C25H18FN5O2.C18H14N4O/c26-17-6-8-18(9-7-17)29-25(32)30-19-10-12-20(13-11-19)33-24-21-14-22(16-4-2-1-3-5-16)31-23(21)27-15-28-24;19-13-6-8-14(9-7-13)23-18-15-10-16(12-4-2-1-3-5-12)22-17(15)20-11-21-18/h1-15H,(H,27,28,31)(H2,29,30,32);1-11H,19H2,(H,20,21,22). The van der Waals surface area contributed by atoms with Crippen LogP contribution in [0.15, 0.2) is 158 Å². The molecule has 0 aliphatic heterocycles. The van der Waals surface area contributed by atoms with E-state index in [2.05, 4.69) is 40.5 Å². The van der Waals surface area contributed by atoms with Gasteiger partial charge < -0.3 is 35.8 Å². The summed E-state index contributed by atoms with van der Waals surface area (Å²) in [5.74, 6) is 1.81. The Bertz CT molecular complexity index is 2720. The predicted octanol–water partition coefficient (Wildman–Crippen LogP) is 10.2. The maximum Gasteiger partial charge on any atom is 0.323 e. The van der Waals surface area contributed by atoms with E-state index < -0.39 is 6.03 Å². The number of aromatic amines is 2. The van der Waals surface area contributed by atoms with Gasteiger partial charge in [-0.25, -0.2) is 29.1 Å². The number of amides is 2. The largest absolute Gasteiger partial charge is 0.438 e. The number of nitrogens with one attached hydrogen (secondary N) is 4. The van der Waals surface area contributed by atoms with E-state index in [4.69, 9.17) is 15.2 Å². The molecule has 56 heavy (non-hydrogen) atoms. The summed E-state index contributed by atoms with van der Waals surface area (Å²) in [6.45, 7) is 0. The van der Waals surface area contributed by atoms with E-state index in [1.165, 1.54) is 36.9 Å². The smallest absolute Gasteiger partial charge is 0.323 e. The number of nitrogens with two attached hydrogens (primary N) is 1. The van der Waals surface area contributed by atoms with Crippen molar-refractivity contribution in [2.45, 2.75) is 0 Å². The lowest BCUT2D eigenvalue weighted by Crippen LogP contribution is -2.19. The van der Waals surface area contributed by atoms with Gasteiger partial charge in [0.25, 0.3) is 0 Å². The number of ether oxygens (including phenoxy) is 2. The van der Waals surface area contributed by atoms with E-state index >= 15 is 0 Å². The molecule has 0 radical (unpaired) electrons. The molecule has 13 heteroatoms. The Hall–Kier alpha value is -8.06. The maximum atomic E-state index is 13.0. The van der Waals surface area contributed by atoms with Gasteiger partial charge in [0.2, 0.25) is 11.8 Å². The van der Waals surface area contributed by atoms with Crippen molar-refractivity contribution in [2.24, 2.45) is 0 Å². The van der Waals surface area contributed by atoms with E-state index in [0.717, 1.165) is 38.9 Å². The predicted molar refractivity (Wildman–Crippen MR) is 215 cm³/mol. The molecule has 0 aliphatic rings. The van der Waals surface area contributed by atoms with Gasteiger partial charge in [0.15, 0.2) is 0 Å². The number of hydrogen-bond donors (Lipinski definition) is 5. The molecule has 2 amide bonds. The minimum absolute atomic E-state index is 0.367. The maximum absolute atomic E-state index is 13.0. The van der Waals surface area contributed by atoms with Crippen LogP contribution in [-0.4, -0.2) is 35.9 Å². The molecule has 9 aromatic rings. The molecule has 6 N–H and O–H groups in total. The van der Waals surface area contributed by atoms with Crippen molar-refractivity contribution >= 4 is 45.2 Å². The topological polar surface area (TPSA) is 169 Å².